The summed E-state index contributed by atoms with van der Waals surface area (Å²) in [5.74, 6) is -1.74. The zero-order valence-corrected chi connectivity index (χ0v) is 22.2. The van der Waals surface area contributed by atoms with Gasteiger partial charge in [-0.25, -0.2) is 17.6 Å². The van der Waals surface area contributed by atoms with Crippen molar-refractivity contribution in [2.45, 2.75) is 71.3 Å². The number of aliphatic hydroxyl groups is 1. The van der Waals surface area contributed by atoms with Crippen molar-refractivity contribution in [3.63, 3.8) is 0 Å². The second-order valence-electron chi connectivity index (χ2n) is 8.01. The highest BCUT2D eigenvalue weighted by Gasteiger charge is 2.41. The van der Waals surface area contributed by atoms with Gasteiger partial charge in [-0.15, -0.1) is 0 Å². The molecule has 0 heterocycles. The number of rotatable bonds is 9. The Balaban J connectivity index is 0.000000642. The van der Waals surface area contributed by atoms with E-state index in [-0.39, 0.29) is 5.56 Å². The van der Waals surface area contributed by atoms with E-state index in [0.717, 1.165) is 23.7 Å². The van der Waals surface area contributed by atoms with E-state index in [1.165, 1.54) is 36.2 Å². The summed E-state index contributed by atoms with van der Waals surface area (Å²) in [4.78, 5) is 0. The summed E-state index contributed by atoms with van der Waals surface area (Å²) in [6, 6.07) is 11.0. The predicted octanol–water partition coefficient (Wildman–Crippen LogP) is 7.34. The van der Waals surface area contributed by atoms with Crippen molar-refractivity contribution in [2.75, 3.05) is 17.2 Å². The molecule has 35 heavy (non-hydrogen) atoms. The number of nitrogens with one attached hydrogen (secondary N) is 2. The quantitative estimate of drug-likeness (QED) is 0.187. The molecule has 0 aliphatic carbocycles. The maximum Gasteiger partial charge on any atom is 0.270 e. The first kappa shape index (κ1) is 33.0. The third-order valence-electron chi connectivity index (χ3n) is 5.95. The van der Waals surface area contributed by atoms with Crippen LogP contribution in [0.15, 0.2) is 42.5 Å². The molecule has 0 aromatic heterocycles. The monoisotopic (exact) mass is 512 g/mol. The van der Waals surface area contributed by atoms with Gasteiger partial charge in [0.15, 0.2) is 0 Å². The van der Waals surface area contributed by atoms with Crippen LogP contribution >= 0.6 is 11.8 Å². The third-order valence-corrected chi connectivity index (χ3v) is 6.52. The van der Waals surface area contributed by atoms with Gasteiger partial charge in [0.25, 0.3) is 12.3 Å². The second-order valence-corrected chi connectivity index (χ2v) is 9.17. The van der Waals surface area contributed by atoms with Gasteiger partial charge in [-0.3, -0.25) is 0 Å². The summed E-state index contributed by atoms with van der Waals surface area (Å²) < 4.78 is 52.1. The van der Waals surface area contributed by atoms with Gasteiger partial charge in [-0.2, -0.15) is 11.8 Å². The van der Waals surface area contributed by atoms with E-state index in [2.05, 4.69) is 18.4 Å². The van der Waals surface area contributed by atoms with Crippen molar-refractivity contribution in [3.8, 4) is 0 Å². The Hall–Kier alpha value is -2.00. The molecule has 0 saturated heterocycles. The minimum absolute atomic E-state index is 0.172. The van der Waals surface area contributed by atoms with Crippen LogP contribution in [0.4, 0.5) is 23.2 Å². The topological polar surface area (TPSA) is 56.1 Å². The van der Waals surface area contributed by atoms with E-state index >= 15 is 0 Å². The van der Waals surface area contributed by atoms with Gasteiger partial charge in [0.1, 0.15) is 6.10 Å². The molecule has 0 saturated carbocycles. The molecular weight excluding hydrogens is 475 g/mol. The minimum atomic E-state index is -2.97. The minimum Gasteiger partial charge on any atom is -0.437 e. The van der Waals surface area contributed by atoms with Crippen LogP contribution < -0.4 is 5.23 Å². The van der Waals surface area contributed by atoms with E-state index in [1.807, 2.05) is 36.9 Å². The summed E-state index contributed by atoms with van der Waals surface area (Å²) >= 11 is 1.86. The SMILES string of the molecule is CCC(CC)(c1ccc(C(C)(F)F)cc1)C(O)C(F)F.CCSC.[B]Nc1cccc(C)c1C=N. The van der Waals surface area contributed by atoms with Crippen LogP contribution in [0.5, 0.6) is 0 Å². The maximum absolute atomic E-state index is 13.2. The summed E-state index contributed by atoms with van der Waals surface area (Å²) in [5.41, 5.74) is 1.86. The number of alkyl halides is 4. The number of halogens is 4. The van der Waals surface area contributed by atoms with Gasteiger partial charge < -0.3 is 15.7 Å². The average molecular weight is 512 g/mol. The van der Waals surface area contributed by atoms with Gasteiger partial charge >= 0.3 is 0 Å². The molecule has 0 fully saturated rings. The molecule has 1 atom stereocenters. The van der Waals surface area contributed by atoms with Gasteiger partial charge in [0, 0.05) is 35.4 Å². The Labute approximate surface area is 213 Å². The van der Waals surface area contributed by atoms with E-state index in [4.69, 9.17) is 13.4 Å². The molecule has 0 spiro atoms. The van der Waals surface area contributed by atoms with Gasteiger partial charge in [-0.05, 0) is 49.0 Å². The molecule has 9 heteroatoms. The number of aliphatic hydroxyl groups excluding tert-OH is 1. The number of anilines is 1. The van der Waals surface area contributed by atoms with Crippen LogP contribution in [0.1, 0.15) is 62.8 Å². The first-order chi connectivity index (χ1) is 16.4. The van der Waals surface area contributed by atoms with Crippen LogP contribution in [0.2, 0.25) is 0 Å². The zero-order chi connectivity index (χ0) is 27.2. The number of aryl methyl sites for hydroxylation is 1. The lowest BCUT2D eigenvalue weighted by atomic mass is 9.71. The fraction of sp³-hybridized carbons (Fsp3) is 0.500. The molecular formula is C26H37BF4N2OS. The van der Waals surface area contributed by atoms with Gasteiger partial charge in [0.05, 0.1) is 0 Å². The van der Waals surface area contributed by atoms with Crippen molar-refractivity contribution in [3.05, 3.63) is 64.7 Å². The lowest BCUT2D eigenvalue weighted by Crippen LogP contribution is -2.43. The van der Waals surface area contributed by atoms with Crippen molar-refractivity contribution < 1.29 is 22.7 Å². The van der Waals surface area contributed by atoms with Crippen molar-refractivity contribution >= 4 is 31.6 Å². The van der Waals surface area contributed by atoms with Crippen molar-refractivity contribution in [1.29, 1.82) is 5.41 Å². The Morgan fingerprint density at radius 1 is 1.06 bits per heavy atom. The largest absolute Gasteiger partial charge is 0.437 e. The van der Waals surface area contributed by atoms with Crippen LogP contribution in [0.3, 0.4) is 0 Å². The molecule has 0 aliphatic rings. The van der Waals surface area contributed by atoms with Crippen molar-refractivity contribution in [2.24, 2.45) is 0 Å². The van der Waals surface area contributed by atoms with Crippen LogP contribution in [0.25, 0.3) is 0 Å². The summed E-state index contributed by atoms with van der Waals surface area (Å²) in [7, 11) is 5.24. The van der Waals surface area contributed by atoms with E-state index < -0.39 is 23.9 Å². The summed E-state index contributed by atoms with van der Waals surface area (Å²) in [6.07, 6.45) is -0.689. The fourth-order valence-electron chi connectivity index (χ4n) is 3.58. The number of hydrogen-bond donors (Lipinski definition) is 3. The molecule has 0 amide bonds. The average Bonchev–Trinajstić information content (AvgIpc) is 2.85. The van der Waals surface area contributed by atoms with Gasteiger partial charge in [-0.1, -0.05) is 57.2 Å². The summed E-state index contributed by atoms with van der Waals surface area (Å²) in [5, 5.41) is 19.5. The molecule has 2 aromatic rings. The van der Waals surface area contributed by atoms with Gasteiger partial charge in [0.2, 0.25) is 7.98 Å². The normalized spacial score (nSPS) is 12.1. The fourth-order valence-corrected chi connectivity index (χ4v) is 3.58. The molecule has 2 rings (SSSR count). The third kappa shape index (κ3) is 9.52. The number of benzene rings is 2. The van der Waals surface area contributed by atoms with Crippen LogP contribution in [-0.2, 0) is 11.3 Å². The molecule has 3 N–H and O–H groups in total. The van der Waals surface area contributed by atoms with E-state index in [0.29, 0.717) is 18.4 Å². The molecule has 2 radical (unpaired) electrons. The highest BCUT2D eigenvalue weighted by Crippen LogP contribution is 2.39. The molecule has 2 aromatic carbocycles. The molecule has 1 unspecified atom stereocenters. The Morgan fingerprint density at radius 2 is 1.54 bits per heavy atom. The lowest BCUT2D eigenvalue weighted by molar-refractivity contribution is -0.0558. The van der Waals surface area contributed by atoms with E-state index in [9.17, 15) is 22.7 Å². The molecule has 194 valence electrons. The lowest BCUT2D eigenvalue weighted by Gasteiger charge is -2.37. The number of thioether (sulfide) groups is 1. The van der Waals surface area contributed by atoms with E-state index in [1.54, 1.807) is 13.8 Å². The Morgan fingerprint density at radius 3 is 1.86 bits per heavy atom. The summed E-state index contributed by atoms with van der Waals surface area (Å²) in [6.45, 7) is 8.28. The maximum atomic E-state index is 13.2. The first-order valence-corrected chi connectivity index (χ1v) is 12.8. The highest BCUT2D eigenvalue weighted by atomic mass is 32.2. The first-order valence-electron chi connectivity index (χ1n) is 11.4. The smallest absolute Gasteiger partial charge is 0.270 e. The molecule has 3 nitrogen and oxygen atoms in total. The van der Waals surface area contributed by atoms with Crippen LogP contribution in [-0.4, -0.2) is 43.8 Å². The van der Waals surface area contributed by atoms with Crippen LogP contribution in [0, 0.1) is 12.3 Å². The van der Waals surface area contributed by atoms with Crippen molar-refractivity contribution in [1.82, 2.24) is 0 Å². The molecule has 0 aliphatic heterocycles. The standard InChI is InChI=1S/C15H20F4O.C8H9BN2.C3H8S/c1-4-15(5-2,12(20)13(16)17)11-8-6-10(7-9-11)14(3,18)19;1-6-3-2-4-8(11-9)7(6)5-10;1-3-4-2/h6-9,12-13,20H,4-5H2,1-3H3;2-5,10-11H,1H3;3H2,1-2H3. The zero-order valence-electron chi connectivity index (χ0n) is 21.3. The Bertz CT molecular complexity index is 871. The predicted molar refractivity (Wildman–Crippen MR) is 143 cm³/mol. The highest BCUT2D eigenvalue weighted by molar-refractivity contribution is 7.98. The second kappa shape index (κ2) is 15.9. The Kier molecular flexibility index (Phi) is 15.0. The molecule has 0 bridgehead atoms. The number of hydrogen-bond acceptors (Lipinski definition) is 4.